The molecule has 2 amide bonds. The van der Waals surface area contributed by atoms with E-state index in [1.807, 2.05) is 16.7 Å². The molecule has 0 radical (unpaired) electrons. The first-order valence-corrected chi connectivity index (χ1v) is 9.62. The van der Waals surface area contributed by atoms with E-state index in [4.69, 9.17) is 11.6 Å². The molecule has 0 spiro atoms. The van der Waals surface area contributed by atoms with Crippen molar-refractivity contribution in [2.75, 3.05) is 5.75 Å². The van der Waals surface area contributed by atoms with E-state index in [0.29, 0.717) is 28.1 Å². The standard InChI is InChI=1S/C19H16ClN5O2S/c1-2-11-25-17(13-7-9-21-10-8-13)23-24-19(25)28-12-16(26)22-18(27)14-3-5-15(20)6-4-14/h2-10H,1,11-12H2,(H,22,26,27). The number of imide groups is 1. The van der Waals surface area contributed by atoms with E-state index in [1.54, 1.807) is 42.7 Å². The largest absolute Gasteiger partial charge is 0.298 e. The van der Waals surface area contributed by atoms with Gasteiger partial charge in [-0.25, -0.2) is 0 Å². The highest BCUT2D eigenvalue weighted by molar-refractivity contribution is 7.99. The topological polar surface area (TPSA) is 89.8 Å². The molecule has 0 bridgehead atoms. The number of aromatic nitrogens is 4. The highest BCUT2D eigenvalue weighted by atomic mass is 35.5. The fourth-order valence-corrected chi connectivity index (χ4v) is 3.24. The third kappa shape index (κ3) is 4.85. The number of rotatable bonds is 7. The van der Waals surface area contributed by atoms with E-state index in [-0.39, 0.29) is 5.75 Å². The molecule has 0 aliphatic heterocycles. The van der Waals surface area contributed by atoms with Gasteiger partial charge in [0.25, 0.3) is 5.91 Å². The Hall–Kier alpha value is -2.97. The Morgan fingerprint density at radius 1 is 1.14 bits per heavy atom. The SMILES string of the molecule is C=CCn1c(SCC(=O)NC(=O)c2ccc(Cl)cc2)nnc1-c1ccncc1. The number of allylic oxidation sites excluding steroid dienone is 1. The molecule has 1 N–H and O–H groups in total. The van der Waals surface area contributed by atoms with Crippen molar-refractivity contribution in [2.24, 2.45) is 0 Å². The van der Waals surface area contributed by atoms with Gasteiger partial charge < -0.3 is 0 Å². The van der Waals surface area contributed by atoms with E-state index < -0.39 is 11.8 Å². The van der Waals surface area contributed by atoms with Gasteiger partial charge in [0.1, 0.15) is 0 Å². The van der Waals surface area contributed by atoms with Crippen LogP contribution in [-0.2, 0) is 11.3 Å². The summed E-state index contributed by atoms with van der Waals surface area (Å²) in [5.74, 6) is -0.233. The van der Waals surface area contributed by atoms with E-state index in [1.165, 1.54) is 11.8 Å². The number of nitrogens with one attached hydrogen (secondary N) is 1. The molecule has 9 heteroatoms. The molecule has 0 atom stereocenters. The summed E-state index contributed by atoms with van der Waals surface area (Å²) in [5, 5.41) is 11.8. The summed E-state index contributed by atoms with van der Waals surface area (Å²) in [6.07, 6.45) is 5.07. The van der Waals surface area contributed by atoms with Crippen LogP contribution in [0.5, 0.6) is 0 Å². The number of halogens is 1. The molecule has 0 aliphatic rings. The zero-order valence-electron chi connectivity index (χ0n) is 14.7. The third-order valence-electron chi connectivity index (χ3n) is 3.66. The van der Waals surface area contributed by atoms with Crippen LogP contribution in [0.1, 0.15) is 10.4 Å². The smallest absolute Gasteiger partial charge is 0.257 e. The van der Waals surface area contributed by atoms with Crippen molar-refractivity contribution in [1.29, 1.82) is 0 Å². The summed E-state index contributed by atoms with van der Waals surface area (Å²) in [6.45, 7) is 4.24. The summed E-state index contributed by atoms with van der Waals surface area (Å²) in [7, 11) is 0. The normalized spacial score (nSPS) is 10.5. The number of thioether (sulfide) groups is 1. The number of carbonyl (C=O) groups is 2. The van der Waals surface area contributed by atoms with Crippen LogP contribution in [0.2, 0.25) is 5.02 Å². The molecule has 7 nitrogen and oxygen atoms in total. The van der Waals surface area contributed by atoms with Gasteiger partial charge >= 0.3 is 0 Å². The molecule has 0 saturated carbocycles. The van der Waals surface area contributed by atoms with E-state index in [9.17, 15) is 9.59 Å². The molecular weight excluding hydrogens is 398 g/mol. The minimum atomic E-state index is -0.479. The second-order valence-electron chi connectivity index (χ2n) is 5.61. The maximum absolute atomic E-state index is 12.1. The first kappa shape index (κ1) is 19.8. The lowest BCUT2D eigenvalue weighted by molar-refractivity contribution is -0.117. The number of nitrogens with zero attached hydrogens (tertiary/aromatic N) is 4. The molecule has 0 aliphatic carbocycles. The van der Waals surface area contributed by atoms with Gasteiger partial charge in [0, 0.05) is 35.1 Å². The summed E-state index contributed by atoms with van der Waals surface area (Å²) in [6, 6.07) is 9.95. The molecule has 28 heavy (non-hydrogen) atoms. The Balaban J connectivity index is 1.66. The highest BCUT2D eigenvalue weighted by Gasteiger charge is 2.16. The predicted octanol–water partition coefficient (Wildman–Crippen LogP) is 3.23. The molecular formula is C19H16ClN5O2S. The van der Waals surface area contributed by atoms with Gasteiger partial charge in [0.15, 0.2) is 11.0 Å². The van der Waals surface area contributed by atoms with Crippen molar-refractivity contribution in [1.82, 2.24) is 25.1 Å². The number of amides is 2. The van der Waals surface area contributed by atoms with E-state index in [0.717, 1.165) is 5.56 Å². The van der Waals surface area contributed by atoms with E-state index in [2.05, 4.69) is 27.1 Å². The van der Waals surface area contributed by atoms with Crippen LogP contribution >= 0.6 is 23.4 Å². The monoisotopic (exact) mass is 413 g/mol. The molecule has 0 saturated heterocycles. The Bertz CT molecular complexity index is 989. The van der Waals surface area contributed by atoms with Gasteiger partial charge in [-0.2, -0.15) is 0 Å². The Labute approximate surface area is 170 Å². The van der Waals surface area contributed by atoms with Crippen molar-refractivity contribution in [3.8, 4) is 11.4 Å². The predicted molar refractivity (Wildman–Crippen MR) is 108 cm³/mol. The number of hydrogen-bond acceptors (Lipinski definition) is 6. The first-order chi connectivity index (χ1) is 13.6. The summed E-state index contributed by atoms with van der Waals surface area (Å²) in [5.41, 5.74) is 1.22. The van der Waals surface area contributed by atoms with Gasteiger partial charge in [0.05, 0.1) is 5.75 Å². The molecule has 2 heterocycles. The zero-order valence-corrected chi connectivity index (χ0v) is 16.3. The minimum absolute atomic E-state index is 0.0188. The van der Waals surface area contributed by atoms with Crippen LogP contribution in [0.3, 0.4) is 0 Å². The van der Waals surface area contributed by atoms with Crippen molar-refractivity contribution in [3.05, 3.63) is 72.0 Å². The maximum atomic E-state index is 12.1. The van der Waals surface area contributed by atoms with Gasteiger partial charge in [0.2, 0.25) is 5.91 Å². The molecule has 3 rings (SSSR count). The zero-order chi connectivity index (χ0) is 19.9. The maximum Gasteiger partial charge on any atom is 0.257 e. The lowest BCUT2D eigenvalue weighted by atomic mass is 10.2. The Kier molecular flexibility index (Phi) is 6.57. The lowest BCUT2D eigenvalue weighted by Gasteiger charge is -2.08. The second kappa shape index (κ2) is 9.29. The molecule has 0 unspecified atom stereocenters. The average Bonchev–Trinajstić information content (AvgIpc) is 3.10. The fourth-order valence-electron chi connectivity index (χ4n) is 2.37. The van der Waals surface area contributed by atoms with Crippen LogP contribution in [0.25, 0.3) is 11.4 Å². The number of benzene rings is 1. The van der Waals surface area contributed by atoms with Crippen LogP contribution in [-0.4, -0.2) is 37.3 Å². The number of hydrogen-bond donors (Lipinski definition) is 1. The van der Waals surface area contributed by atoms with Gasteiger partial charge in [-0.15, -0.1) is 16.8 Å². The molecule has 142 valence electrons. The fraction of sp³-hybridized carbons (Fsp3) is 0.105. The second-order valence-corrected chi connectivity index (χ2v) is 6.99. The quantitative estimate of drug-likeness (QED) is 0.472. The Morgan fingerprint density at radius 3 is 2.54 bits per heavy atom. The van der Waals surface area contributed by atoms with Crippen LogP contribution < -0.4 is 5.32 Å². The third-order valence-corrected chi connectivity index (χ3v) is 4.88. The average molecular weight is 414 g/mol. The van der Waals surface area contributed by atoms with Crippen LogP contribution in [0.15, 0.2) is 66.6 Å². The van der Waals surface area contributed by atoms with Crippen molar-refractivity contribution in [3.63, 3.8) is 0 Å². The van der Waals surface area contributed by atoms with Gasteiger partial charge in [-0.05, 0) is 36.4 Å². The van der Waals surface area contributed by atoms with Crippen LogP contribution in [0.4, 0.5) is 0 Å². The number of carbonyl (C=O) groups excluding carboxylic acids is 2. The molecule has 3 aromatic rings. The summed E-state index contributed by atoms with van der Waals surface area (Å²) >= 11 is 6.99. The summed E-state index contributed by atoms with van der Waals surface area (Å²) < 4.78 is 1.85. The van der Waals surface area contributed by atoms with Crippen LogP contribution in [0, 0.1) is 0 Å². The number of pyridine rings is 1. The minimum Gasteiger partial charge on any atom is -0.298 e. The lowest BCUT2D eigenvalue weighted by Crippen LogP contribution is -2.31. The molecule has 1 aromatic carbocycles. The highest BCUT2D eigenvalue weighted by Crippen LogP contribution is 2.23. The van der Waals surface area contributed by atoms with Gasteiger partial charge in [-0.1, -0.05) is 29.4 Å². The van der Waals surface area contributed by atoms with Crippen molar-refractivity contribution < 1.29 is 9.59 Å². The van der Waals surface area contributed by atoms with Crippen molar-refractivity contribution in [2.45, 2.75) is 11.7 Å². The van der Waals surface area contributed by atoms with E-state index >= 15 is 0 Å². The van der Waals surface area contributed by atoms with Crippen molar-refractivity contribution >= 4 is 35.2 Å². The first-order valence-electron chi connectivity index (χ1n) is 8.25. The summed E-state index contributed by atoms with van der Waals surface area (Å²) in [4.78, 5) is 28.2. The Morgan fingerprint density at radius 2 is 1.86 bits per heavy atom. The van der Waals surface area contributed by atoms with Gasteiger partial charge in [-0.3, -0.25) is 24.5 Å². The molecule has 2 aromatic heterocycles. The molecule has 0 fully saturated rings.